The molecule has 0 amide bonds. The Hall–Kier alpha value is -1.88. The van der Waals surface area contributed by atoms with E-state index in [1.54, 1.807) is 6.20 Å². The lowest BCUT2D eigenvalue weighted by molar-refractivity contribution is 0.389. The Morgan fingerprint density at radius 1 is 1.40 bits per heavy atom. The molecule has 3 rings (SSSR count). The molecule has 0 aliphatic rings. The number of rotatable bonds is 3. The second-order valence-electron chi connectivity index (χ2n) is 4.90. The molecule has 104 valence electrons. The maximum absolute atomic E-state index is 6.25. The maximum atomic E-state index is 6.25. The zero-order valence-corrected chi connectivity index (χ0v) is 12.3. The smallest absolute Gasteiger partial charge is 0.160 e. The van der Waals surface area contributed by atoms with E-state index in [1.165, 1.54) is 0 Å². The van der Waals surface area contributed by atoms with Crippen LogP contribution in [-0.2, 0) is 6.54 Å². The van der Waals surface area contributed by atoms with E-state index in [-0.39, 0.29) is 5.38 Å². The molecule has 0 radical (unpaired) electrons. The minimum Gasteiger partial charge on any atom is -0.361 e. The number of halogens is 1. The second-order valence-corrected chi connectivity index (χ2v) is 5.56. The van der Waals surface area contributed by atoms with Crippen molar-refractivity contribution in [2.45, 2.75) is 32.7 Å². The number of nitrogens with zero attached hydrogens (tertiary/aromatic N) is 4. The normalized spacial score (nSPS) is 13.0. The number of aryl methyl sites for hydroxylation is 2. The fourth-order valence-corrected chi connectivity index (χ4v) is 2.44. The van der Waals surface area contributed by atoms with Gasteiger partial charge in [0.15, 0.2) is 5.65 Å². The molecule has 1 atom stereocenters. The molecule has 0 fully saturated rings. The highest BCUT2D eigenvalue weighted by Gasteiger charge is 2.18. The summed E-state index contributed by atoms with van der Waals surface area (Å²) in [4.78, 5) is 9.06. The zero-order chi connectivity index (χ0) is 14.3. The van der Waals surface area contributed by atoms with Gasteiger partial charge in [0.25, 0.3) is 0 Å². The van der Waals surface area contributed by atoms with E-state index in [4.69, 9.17) is 16.1 Å². The second kappa shape index (κ2) is 4.90. The van der Waals surface area contributed by atoms with Gasteiger partial charge in [0.05, 0.1) is 11.9 Å². The first kappa shape index (κ1) is 13.1. The molecule has 20 heavy (non-hydrogen) atoms. The van der Waals surface area contributed by atoms with E-state index < -0.39 is 0 Å². The summed E-state index contributed by atoms with van der Waals surface area (Å²) in [6.45, 7) is 6.35. The summed E-state index contributed by atoms with van der Waals surface area (Å²) in [7, 11) is 0. The average molecular weight is 291 g/mol. The summed E-state index contributed by atoms with van der Waals surface area (Å²) in [5.41, 5.74) is 3.63. The molecule has 0 saturated heterocycles. The maximum Gasteiger partial charge on any atom is 0.160 e. The van der Waals surface area contributed by atoms with E-state index in [9.17, 15) is 0 Å². The number of hydrogen-bond acceptors (Lipinski definition) is 4. The Balaban J connectivity index is 2.16. The monoisotopic (exact) mass is 290 g/mol. The molecule has 5 nitrogen and oxygen atoms in total. The summed E-state index contributed by atoms with van der Waals surface area (Å²) >= 11 is 6.25. The first-order valence-corrected chi connectivity index (χ1v) is 6.88. The first-order chi connectivity index (χ1) is 9.56. The van der Waals surface area contributed by atoms with Gasteiger partial charge in [-0.25, -0.2) is 9.97 Å². The molecule has 0 aromatic carbocycles. The number of hydrogen-bond donors (Lipinski definition) is 0. The van der Waals surface area contributed by atoms with Crippen LogP contribution in [0.5, 0.6) is 0 Å². The summed E-state index contributed by atoms with van der Waals surface area (Å²) in [6.07, 6.45) is 1.78. The Bertz CT molecular complexity index is 760. The Kier molecular flexibility index (Phi) is 3.22. The molecule has 0 bridgehead atoms. The molecule has 1 unspecified atom stereocenters. The van der Waals surface area contributed by atoms with Gasteiger partial charge in [0.1, 0.15) is 22.8 Å². The van der Waals surface area contributed by atoms with E-state index in [2.05, 4.69) is 15.1 Å². The molecule has 6 heteroatoms. The Morgan fingerprint density at radius 3 is 2.85 bits per heavy atom. The van der Waals surface area contributed by atoms with Crippen molar-refractivity contribution in [3.8, 4) is 0 Å². The highest BCUT2D eigenvalue weighted by atomic mass is 35.5. The van der Waals surface area contributed by atoms with Crippen LogP contribution in [-0.4, -0.2) is 19.7 Å². The molecule has 0 spiro atoms. The third-order valence-electron chi connectivity index (χ3n) is 3.22. The summed E-state index contributed by atoms with van der Waals surface area (Å²) in [5, 5.41) is 3.83. The van der Waals surface area contributed by atoms with Crippen LogP contribution in [0.4, 0.5) is 0 Å². The summed E-state index contributed by atoms with van der Waals surface area (Å²) < 4.78 is 7.11. The van der Waals surface area contributed by atoms with Crippen LogP contribution < -0.4 is 0 Å². The van der Waals surface area contributed by atoms with Crippen molar-refractivity contribution in [1.82, 2.24) is 19.7 Å². The molecular formula is C14H15ClN4O. The van der Waals surface area contributed by atoms with Crippen molar-refractivity contribution in [2.75, 3.05) is 0 Å². The van der Waals surface area contributed by atoms with Crippen molar-refractivity contribution in [3.63, 3.8) is 0 Å². The molecule has 0 N–H and O–H groups in total. The topological polar surface area (TPSA) is 56.7 Å². The molecule has 0 aliphatic heterocycles. The van der Waals surface area contributed by atoms with Gasteiger partial charge in [-0.2, -0.15) is 0 Å². The average Bonchev–Trinajstić information content (AvgIpc) is 2.96. The molecule has 3 aromatic rings. The number of aromatic nitrogens is 4. The lowest BCUT2D eigenvalue weighted by atomic mass is 10.3. The Morgan fingerprint density at radius 2 is 2.20 bits per heavy atom. The van der Waals surface area contributed by atoms with Crippen molar-refractivity contribution in [1.29, 1.82) is 0 Å². The first-order valence-electron chi connectivity index (χ1n) is 6.44. The predicted molar refractivity (Wildman–Crippen MR) is 76.9 cm³/mol. The Labute approximate surface area is 121 Å². The number of pyridine rings is 1. The van der Waals surface area contributed by atoms with Crippen molar-refractivity contribution >= 4 is 22.8 Å². The number of alkyl halides is 1. The minimum absolute atomic E-state index is 0.198. The number of imidazole rings is 1. The highest BCUT2D eigenvalue weighted by molar-refractivity contribution is 6.20. The van der Waals surface area contributed by atoms with Crippen LogP contribution in [0.25, 0.3) is 11.2 Å². The highest BCUT2D eigenvalue weighted by Crippen LogP contribution is 2.25. The fraction of sp³-hybridized carbons (Fsp3) is 0.357. The van der Waals surface area contributed by atoms with Gasteiger partial charge in [-0.15, -0.1) is 11.6 Å². The minimum atomic E-state index is -0.198. The quantitative estimate of drug-likeness (QED) is 0.694. The van der Waals surface area contributed by atoms with Gasteiger partial charge in [0, 0.05) is 12.3 Å². The van der Waals surface area contributed by atoms with Crippen LogP contribution in [0.3, 0.4) is 0 Å². The molecule has 0 aliphatic carbocycles. The van der Waals surface area contributed by atoms with Crippen molar-refractivity contribution < 1.29 is 4.52 Å². The van der Waals surface area contributed by atoms with Crippen molar-refractivity contribution in [3.05, 3.63) is 41.2 Å². The fourth-order valence-electron chi connectivity index (χ4n) is 2.27. The molecule has 3 heterocycles. The van der Waals surface area contributed by atoms with Crippen LogP contribution >= 0.6 is 11.6 Å². The SMILES string of the molecule is Cc1cc(Cn2c(C(C)Cl)nc3c(C)ccnc32)no1. The van der Waals surface area contributed by atoms with E-state index in [1.807, 2.05) is 37.5 Å². The predicted octanol–water partition coefficient (Wildman–Crippen LogP) is 3.38. The van der Waals surface area contributed by atoms with Crippen LogP contribution in [0.2, 0.25) is 0 Å². The van der Waals surface area contributed by atoms with E-state index >= 15 is 0 Å². The van der Waals surface area contributed by atoms with Crippen molar-refractivity contribution in [2.24, 2.45) is 0 Å². The molecule has 3 aromatic heterocycles. The van der Waals surface area contributed by atoms with Gasteiger partial charge >= 0.3 is 0 Å². The van der Waals surface area contributed by atoms with E-state index in [0.29, 0.717) is 6.54 Å². The summed E-state index contributed by atoms with van der Waals surface area (Å²) in [5.74, 6) is 1.58. The third kappa shape index (κ3) is 2.18. The van der Waals surface area contributed by atoms with Gasteiger partial charge in [-0.05, 0) is 32.4 Å². The molecular weight excluding hydrogens is 276 g/mol. The summed E-state index contributed by atoms with van der Waals surface area (Å²) in [6, 6.07) is 3.85. The van der Waals surface area contributed by atoms with Gasteiger partial charge < -0.3 is 9.09 Å². The lowest BCUT2D eigenvalue weighted by Crippen LogP contribution is -2.06. The number of fused-ring (bicyclic) bond motifs is 1. The van der Waals surface area contributed by atoms with Gasteiger partial charge in [-0.1, -0.05) is 5.16 Å². The van der Waals surface area contributed by atoms with Gasteiger partial charge in [-0.3, -0.25) is 0 Å². The van der Waals surface area contributed by atoms with Crippen LogP contribution in [0, 0.1) is 13.8 Å². The third-order valence-corrected chi connectivity index (χ3v) is 3.41. The van der Waals surface area contributed by atoms with Gasteiger partial charge in [0.2, 0.25) is 0 Å². The molecule has 0 saturated carbocycles. The van der Waals surface area contributed by atoms with Crippen LogP contribution in [0.15, 0.2) is 22.9 Å². The zero-order valence-electron chi connectivity index (χ0n) is 11.6. The van der Waals surface area contributed by atoms with Crippen LogP contribution in [0.1, 0.15) is 35.1 Å². The lowest BCUT2D eigenvalue weighted by Gasteiger charge is -2.07. The van der Waals surface area contributed by atoms with E-state index in [0.717, 1.165) is 34.0 Å². The largest absolute Gasteiger partial charge is 0.361 e. The standard InChI is InChI=1S/C14H15ClN4O/c1-8-4-5-16-14-12(8)17-13(10(3)15)19(14)7-11-6-9(2)20-18-11/h4-6,10H,7H2,1-3H3.